The van der Waals surface area contributed by atoms with Gasteiger partial charge in [0.25, 0.3) is 0 Å². The Morgan fingerprint density at radius 1 is 1.40 bits per heavy atom. The molecule has 0 saturated carbocycles. The van der Waals surface area contributed by atoms with E-state index in [1.807, 2.05) is 6.08 Å². The molecule has 2 rings (SSSR count). The minimum Gasteiger partial charge on any atom is -0.289 e. The molecule has 15 heavy (non-hydrogen) atoms. The number of benzene rings is 1. The molecule has 0 amide bonds. The number of hydrogen-bond acceptors (Lipinski definition) is 1. The second kappa shape index (κ2) is 3.97. The van der Waals surface area contributed by atoms with Crippen molar-refractivity contribution < 1.29 is 9.18 Å². The standard InChI is InChI=1S/C13H13FO/c1-9-6-7-11(8-12(9)14)13(15)10-4-2-3-5-10/h4,6-8H,2-3,5H2,1H3. The van der Waals surface area contributed by atoms with Crippen LogP contribution in [0.2, 0.25) is 0 Å². The molecule has 0 heterocycles. The number of hydrogen-bond donors (Lipinski definition) is 0. The maximum atomic E-state index is 13.3. The SMILES string of the molecule is Cc1ccc(C(=O)C2=CCCC2)cc1F. The lowest BCUT2D eigenvalue weighted by molar-refractivity contribution is 0.103. The topological polar surface area (TPSA) is 17.1 Å². The number of carbonyl (C=O) groups is 1. The van der Waals surface area contributed by atoms with Crippen LogP contribution < -0.4 is 0 Å². The van der Waals surface area contributed by atoms with Gasteiger partial charge in [-0.2, -0.15) is 0 Å². The highest BCUT2D eigenvalue weighted by Gasteiger charge is 2.15. The van der Waals surface area contributed by atoms with Crippen molar-refractivity contribution in [3.8, 4) is 0 Å². The van der Waals surface area contributed by atoms with Crippen molar-refractivity contribution in [2.75, 3.05) is 0 Å². The van der Waals surface area contributed by atoms with Crippen molar-refractivity contribution in [2.45, 2.75) is 26.2 Å². The van der Waals surface area contributed by atoms with Crippen molar-refractivity contribution in [3.05, 3.63) is 46.8 Å². The molecule has 0 N–H and O–H groups in total. The van der Waals surface area contributed by atoms with Crippen LogP contribution in [-0.4, -0.2) is 5.78 Å². The third-order valence-electron chi connectivity index (χ3n) is 2.77. The number of allylic oxidation sites excluding steroid dienone is 2. The summed E-state index contributed by atoms with van der Waals surface area (Å²) in [6.07, 6.45) is 4.79. The molecule has 2 heteroatoms. The highest BCUT2D eigenvalue weighted by molar-refractivity contribution is 6.08. The molecule has 1 nitrogen and oxygen atoms in total. The average molecular weight is 204 g/mol. The first-order valence-electron chi connectivity index (χ1n) is 5.18. The van der Waals surface area contributed by atoms with E-state index in [1.165, 1.54) is 6.07 Å². The summed E-state index contributed by atoms with van der Waals surface area (Å²) in [5.41, 5.74) is 1.87. The summed E-state index contributed by atoms with van der Waals surface area (Å²) in [5.74, 6) is -0.328. The van der Waals surface area contributed by atoms with Crippen LogP contribution >= 0.6 is 0 Å². The van der Waals surface area contributed by atoms with Crippen LogP contribution in [0.1, 0.15) is 35.2 Å². The van der Waals surface area contributed by atoms with Gasteiger partial charge >= 0.3 is 0 Å². The second-order valence-corrected chi connectivity index (χ2v) is 3.91. The normalized spacial score (nSPS) is 15.2. The Balaban J connectivity index is 2.29. The molecule has 0 saturated heterocycles. The Morgan fingerprint density at radius 2 is 2.20 bits per heavy atom. The van der Waals surface area contributed by atoms with E-state index in [1.54, 1.807) is 19.1 Å². The molecule has 78 valence electrons. The summed E-state index contributed by atoms with van der Waals surface area (Å²) >= 11 is 0. The smallest absolute Gasteiger partial charge is 0.188 e. The molecule has 0 radical (unpaired) electrons. The van der Waals surface area contributed by atoms with Gasteiger partial charge in [0.05, 0.1) is 0 Å². The molecule has 1 aromatic carbocycles. The zero-order chi connectivity index (χ0) is 10.8. The molecular weight excluding hydrogens is 191 g/mol. The van der Waals surface area contributed by atoms with Crippen molar-refractivity contribution in [2.24, 2.45) is 0 Å². The summed E-state index contributed by atoms with van der Waals surface area (Å²) in [6, 6.07) is 4.68. The molecule has 1 aliphatic rings. The second-order valence-electron chi connectivity index (χ2n) is 3.91. The molecule has 0 atom stereocenters. The minimum absolute atomic E-state index is 0.0219. The molecule has 0 unspecified atom stereocenters. The largest absolute Gasteiger partial charge is 0.289 e. The highest BCUT2D eigenvalue weighted by atomic mass is 19.1. The number of aryl methyl sites for hydroxylation is 1. The van der Waals surface area contributed by atoms with Gasteiger partial charge in [0.1, 0.15) is 5.82 Å². The van der Waals surface area contributed by atoms with E-state index < -0.39 is 0 Å². The van der Waals surface area contributed by atoms with Crippen molar-refractivity contribution in [3.63, 3.8) is 0 Å². The molecule has 1 aromatic rings. The van der Waals surface area contributed by atoms with E-state index in [0.29, 0.717) is 11.1 Å². The number of halogens is 1. The lowest BCUT2D eigenvalue weighted by Crippen LogP contribution is -2.02. The summed E-state index contributed by atoms with van der Waals surface area (Å²) in [4.78, 5) is 11.9. The lowest BCUT2D eigenvalue weighted by atomic mass is 10.0. The van der Waals surface area contributed by atoms with Crippen LogP contribution in [0.25, 0.3) is 0 Å². The predicted molar refractivity (Wildman–Crippen MR) is 57.4 cm³/mol. The first kappa shape index (κ1) is 10.1. The Hall–Kier alpha value is -1.44. The summed E-state index contributed by atoms with van der Waals surface area (Å²) in [7, 11) is 0. The highest BCUT2D eigenvalue weighted by Crippen LogP contribution is 2.22. The van der Waals surface area contributed by atoms with Gasteiger partial charge in [-0.15, -0.1) is 0 Å². The van der Waals surface area contributed by atoms with Crippen LogP contribution in [0.4, 0.5) is 4.39 Å². The van der Waals surface area contributed by atoms with E-state index in [0.717, 1.165) is 24.8 Å². The van der Waals surface area contributed by atoms with Crippen LogP contribution in [0.3, 0.4) is 0 Å². The van der Waals surface area contributed by atoms with Crippen molar-refractivity contribution >= 4 is 5.78 Å². The first-order chi connectivity index (χ1) is 7.18. The van der Waals surface area contributed by atoms with Gasteiger partial charge in [-0.05, 0) is 43.4 Å². The quantitative estimate of drug-likeness (QED) is 0.674. The molecule has 0 aliphatic heterocycles. The Kier molecular flexibility index (Phi) is 2.67. The van der Waals surface area contributed by atoms with Crippen LogP contribution in [-0.2, 0) is 0 Å². The van der Waals surface area contributed by atoms with Gasteiger partial charge in [-0.1, -0.05) is 18.2 Å². The first-order valence-corrected chi connectivity index (χ1v) is 5.18. The summed E-state index contributed by atoms with van der Waals surface area (Å²) < 4.78 is 13.3. The third kappa shape index (κ3) is 1.99. The van der Waals surface area contributed by atoms with Gasteiger partial charge in [0, 0.05) is 5.56 Å². The van der Waals surface area contributed by atoms with E-state index in [2.05, 4.69) is 0 Å². The molecule has 0 bridgehead atoms. The van der Waals surface area contributed by atoms with E-state index in [9.17, 15) is 9.18 Å². The average Bonchev–Trinajstić information content (AvgIpc) is 2.74. The molecular formula is C13H13FO. The zero-order valence-corrected chi connectivity index (χ0v) is 8.72. The number of ketones is 1. The number of Topliss-reactive ketones (excluding diaryl/α,β-unsaturated/α-hetero) is 1. The molecule has 0 spiro atoms. The van der Waals surface area contributed by atoms with Gasteiger partial charge in [0.2, 0.25) is 0 Å². The zero-order valence-electron chi connectivity index (χ0n) is 8.72. The van der Waals surface area contributed by atoms with Gasteiger partial charge in [-0.3, -0.25) is 4.79 Å². The number of rotatable bonds is 2. The van der Waals surface area contributed by atoms with E-state index in [4.69, 9.17) is 0 Å². The Labute approximate surface area is 88.6 Å². The molecule has 0 fully saturated rings. The minimum atomic E-state index is -0.306. The van der Waals surface area contributed by atoms with Gasteiger partial charge in [-0.25, -0.2) is 4.39 Å². The molecule has 0 aromatic heterocycles. The maximum absolute atomic E-state index is 13.3. The lowest BCUT2D eigenvalue weighted by Gasteiger charge is -2.03. The Morgan fingerprint density at radius 3 is 2.80 bits per heavy atom. The summed E-state index contributed by atoms with van der Waals surface area (Å²) in [5, 5.41) is 0. The van der Waals surface area contributed by atoms with E-state index >= 15 is 0 Å². The van der Waals surface area contributed by atoms with Gasteiger partial charge in [0.15, 0.2) is 5.78 Å². The van der Waals surface area contributed by atoms with Crippen LogP contribution in [0.15, 0.2) is 29.8 Å². The predicted octanol–water partition coefficient (Wildman–Crippen LogP) is 3.43. The monoisotopic (exact) mass is 204 g/mol. The van der Waals surface area contributed by atoms with Gasteiger partial charge < -0.3 is 0 Å². The van der Waals surface area contributed by atoms with Crippen LogP contribution in [0, 0.1) is 12.7 Å². The van der Waals surface area contributed by atoms with Crippen molar-refractivity contribution in [1.82, 2.24) is 0 Å². The fourth-order valence-electron chi connectivity index (χ4n) is 1.80. The fourth-order valence-corrected chi connectivity index (χ4v) is 1.80. The third-order valence-corrected chi connectivity index (χ3v) is 2.77. The Bertz CT molecular complexity index is 432. The van der Waals surface area contributed by atoms with Crippen LogP contribution in [0.5, 0.6) is 0 Å². The van der Waals surface area contributed by atoms with E-state index in [-0.39, 0.29) is 11.6 Å². The fraction of sp³-hybridized carbons (Fsp3) is 0.308. The maximum Gasteiger partial charge on any atom is 0.188 e. The number of carbonyl (C=O) groups excluding carboxylic acids is 1. The molecule has 1 aliphatic carbocycles. The summed E-state index contributed by atoms with van der Waals surface area (Å²) in [6.45, 7) is 1.69. The van der Waals surface area contributed by atoms with Crippen molar-refractivity contribution in [1.29, 1.82) is 0 Å².